The van der Waals surface area contributed by atoms with Crippen molar-refractivity contribution in [3.8, 4) is 0 Å². The van der Waals surface area contributed by atoms with Crippen molar-refractivity contribution < 1.29 is 18.7 Å². The van der Waals surface area contributed by atoms with Crippen molar-refractivity contribution in [2.24, 2.45) is 0 Å². The summed E-state index contributed by atoms with van der Waals surface area (Å²) < 4.78 is 18.8. The summed E-state index contributed by atoms with van der Waals surface area (Å²) in [6, 6.07) is 4.52. The second-order valence-corrected chi connectivity index (χ2v) is 5.82. The zero-order valence-corrected chi connectivity index (χ0v) is 13.6. The fourth-order valence-electron chi connectivity index (χ4n) is 2.06. The van der Waals surface area contributed by atoms with Crippen LogP contribution < -0.4 is 5.32 Å². The van der Waals surface area contributed by atoms with E-state index in [1.54, 1.807) is 13.0 Å². The van der Waals surface area contributed by atoms with Gasteiger partial charge in [0.1, 0.15) is 16.8 Å². The molecular formula is C15H16BrFN2O3. The Kier molecular flexibility index (Phi) is 4.95. The molecule has 1 fully saturated rings. The molecule has 22 heavy (non-hydrogen) atoms. The number of hydrogen-bond donors (Lipinski definition) is 2. The molecule has 0 aliphatic heterocycles. The first kappa shape index (κ1) is 16.6. The summed E-state index contributed by atoms with van der Waals surface area (Å²) in [5.41, 5.74) is -0.368. The smallest absolute Gasteiger partial charge is 0.325 e. The molecule has 5 nitrogen and oxygen atoms in total. The van der Waals surface area contributed by atoms with Crippen LogP contribution in [0, 0.1) is 5.41 Å². The van der Waals surface area contributed by atoms with Crippen LogP contribution in [0.2, 0.25) is 0 Å². The van der Waals surface area contributed by atoms with E-state index in [1.165, 1.54) is 12.1 Å². The first-order valence-electron chi connectivity index (χ1n) is 6.89. The molecule has 0 unspecified atom stereocenters. The molecule has 1 amide bonds. The molecule has 0 bridgehead atoms. The van der Waals surface area contributed by atoms with Crippen molar-refractivity contribution >= 4 is 32.4 Å². The van der Waals surface area contributed by atoms with Gasteiger partial charge in [0.2, 0.25) is 0 Å². The Balaban J connectivity index is 2.17. The van der Waals surface area contributed by atoms with Gasteiger partial charge in [-0.25, -0.2) is 4.39 Å². The van der Waals surface area contributed by atoms with Crippen molar-refractivity contribution in [2.45, 2.75) is 25.4 Å². The average molecular weight is 371 g/mol. The third-order valence-corrected chi connectivity index (χ3v) is 3.83. The van der Waals surface area contributed by atoms with E-state index in [9.17, 15) is 14.0 Å². The number of halogens is 2. The molecule has 2 N–H and O–H groups in total. The van der Waals surface area contributed by atoms with Crippen LogP contribution in [0.15, 0.2) is 18.2 Å². The molecule has 0 spiro atoms. The van der Waals surface area contributed by atoms with Crippen LogP contribution in [0.25, 0.3) is 0 Å². The molecule has 0 saturated heterocycles. The second kappa shape index (κ2) is 6.56. The zero-order valence-electron chi connectivity index (χ0n) is 12.0. The van der Waals surface area contributed by atoms with Gasteiger partial charge in [0.05, 0.1) is 6.61 Å². The summed E-state index contributed by atoms with van der Waals surface area (Å²) in [5.74, 6) is -1.05. The van der Waals surface area contributed by atoms with Gasteiger partial charge in [0, 0.05) is 11.1 Å². The van der Waals surface area contributed by atoms with E-state index in [0.29, 0.717) is 24.0 Å². The second-order valence-electron chi connectivity index (χ2n) is 5.03. The van der Waals surface area contributed by atoms with E-state index in [0.717, 1.165) is 0 Å². The summed E-state index contributed by atoms with van der Waals surface area (Å²) in [6.45, 7) is 1.66. The number of ether oxygens (including phenoxy) is 1. The SMILES string of the molecule is CCOC(=O)CNC(=O)c1ccc(C2(F)CC2)cc1C(=N)Br. The Hall–Kier alpha value is -1.76. The maximum absolute atomic E-state index is 14.1. The maximum atomic E-state index is 14.1. The average Bonchev–Trinajstić information content (AvgIpc) is 3.23. The number of benzene rings is 1. The van der Waals surface area contributed by atoms with Crippen molar-refractivity contribution in [1.82, 2.24) is 5.32 Å². The van der Waals surface area contributed by atoms with Crippen LogP contribution in [0.4, 0.5) is 4.39 Å². The molecule has 2 rings (SSSR count). The van der Waals surface area contributed by atoms with Crippen molar-refractivity contribution in [3.05, 3.63) is 34.9 Å². The van der Waals surface area contributed by atoms with Crippen molar-refractivity contribution in [1.29, 1.82) is 5.41 Å². The van der Waals surface area contributed by atoms with Crippen LogP contribution in [-0.4, -0.2) is 29.6 Å². The molecule has 1 aliphatic carbocycles. The molecule has 1 aliphatic rings. The third kappa shape index (κ3) is 3.71. The van der Waals surface area contributed by atoms with Gasteiger partial charge in [0.15, 0.2) is 0 Å². The minimum absolute atomic E-state index is 0.0140. The van der Waals surface area contributed by atoms with Gasteiger partial charge in [-0.3, -0.25) is 15.0 Å². The lowest BCUT2D eigenvalue weighted by Crippen LogP contribution is -2.31. The predicted octanol–water partition coefficient (Wildman–Crippen LogP) is 2.66. The van der Waals surface area contributed by atoms with Gasteiger partial charge in [-0.05, 0) is 53.4 Å². The number of hydrogen-bond acceptors (Lipinski definition) is 4. The van der Waals surface area contributed by atoms with Crippen molar-refractivity contribution in [3.63, 3.8) is 0 Å². The fourth-order valence-corrected chi connectivity index (χ4v) is 2.39. The summed E-state index contributed by atoms with van der Waals surface area (Å²) >= 11 is 3.02. The summed E-state index contributed by atoms with van der Waals surface area (Å²) in [4.78, 5) is 23.4. The number of esters is 1. The monoisotopic (exact) mass is 370 g/mol. The largest absolute Gasteiger partial charge is 0.465 e. The lowest BCUT2D eigenvalue weighted by atomic mass is 10.0. The van der Waals surface area contributed by atoms with E-state index in [2.05, 4.69) is 21.2 Å². The van der Waals surface area contributed by atoms with Crippen molar-refractivity contribution in [2.75, 3.05) is 13.2 Å². The molecule has 118 valence electrons. The first-order valence-corrected chi connectivity index (χ1v) is 7.68. The zero-order chi connectivity index (χ0) is 16.3. The van der Waals surface area contributed by atoms with Gasteiger partial charge >= 0.3 is 5.97 Å². The molecule has 0 aromatic heterocycles. The Morgan fingerprint density at radius 2 is 2.09 bits per heavy atom. The molecular weight excluding hydrogens is 355 g/mol. The van der Waals surface area contributed by atoms with Crippen LogP contribution >= 0.6 is 15.9 Å². The lowest BCUT2D eigenvalue weighted by molar-refractivity contribution is -0.141. The minimum Gasteiger partial charge on any atom is -0.465 e. The quantitative estimate of drug-likeness (QED) is 0.596. The molecule has 1 aromatic rings. The number of carbonyl (C=O) groups excluding carboxylic acids is 2. The number of amides is 1. The standard InChI is InChI=1S/C15H16BrFN2O3/c1-2-22-12(20)8-19-14(21)10-4-3-9(15(17)5-6-15)7-11(10)13(16)18/h3-4,7,18H,2,5-6,8H2,1H3,(H,19,21). The highest BCUT2D eigenvalue weighted by Gasteiger charge is 2.45. The number of carbonyl (C=O) groups is 2. The normalized spacial score (nSPS) is 15.0. The van der Waals surface area contributed by atoms with Crippen LogP contribution in [0.5, 0.6) is 0 Å². The highest BCUT2D eigenvalue weighted by molar-refractivity contribution is 9.18. The molecule has 0 radical (unpaired) electrons. The van der Waals surface area contributed by atoms with Crippen LogP contribution in [-0.2, 0) is 15.2 Å². The Morgan fingerprint density at radius 1 is 1.41 bits per heavy atom. The van der Waals surface area contributed by atoms with E-state index in [-0.39, 0.29) is 23.3 Å². The lowest BCUT2D eigenvalue weighted by Gasteiger charge is -2.12. The molecule has 7 heteroatoms. The summed E-state index contributed by atoms with van der Waals surface area (Å²) in [5, 5.41) is 10.1. The minimum atomic E-state index is -1.34. The topological polar surface area (TPSA) is 79.2 Å². The number of alkyl halides is 1. The molecule has 0 heterocycles. The predicted molar refractivity (Wildman–Crippen MR) is 83.2 cm³/mol. The third-order valence-electron chi connectivity index (χ3n) is 3.41. The van der Waals surface area contributed by atoms with E-state index in [1.807, 2.05) is 0 Å². The van der Waals surface area contributed by atoms with Gasteiger partial charge in [0.25, 0.3) is 5.91 Å². The Morgan fingerprint density at radius 3 is 2.64 bits per heavy atom. The fraction of sp³-hybridized carbons (Fsp3) is 0.400. The molecule has 0 atom stereocenters. The molecule has 1 aromatic carbocycles. The number of rotatable bonds is 6. The Labute approximate surface area is 135 Å². The van der Waals surface area contributed by atoms with Gasteiger partial charge < -0.3 is 10.1 Å². The molecule has 1 saturated carbocycles. The van der Waals surface area contributed by atoms with Crippen LogP contribution in [0.3, 0.4) is 0 Å². The summed E-state index contributed by atoms with van der Waals surface area (Å²) in [6.07, 6.45) is 0.910. The van der Waals surface area contributed by atoms with Gasteiger partial charge in [-0.1, -0.05) is 6.07 Å². The van der Waals surface area contributed by atoms with E-state index >= 15 is 0 Å². The van der Waals surface area contributed by atoms with E-state index in [4.69, 9.17) is 10.1 Å². The highest BCUT2D eigenvalue weighted by Crippen LogP contribution is 2.49. The number of nitrogens with one attached hydrogen (secondary N) is 2. The van der Waals surface area contributed by atoms with Crippen LogP contribution in [0.1, 0.15) is 41.3 Å². The van der Waals surface area contributed by atoms with E-state index < -0.39 is 17.5 Å². The highest BCUT2D eigenvalue weighted by atomic mass is 79.9. The van der Waals surface area contributed by atoms with Gasteiger partial charge in [-0.15, -0.1) is 0 Å². The Bertz CT molecular complexity index is 629. The summed E-state index contributed by atoms with van der Waals surface area (Å²) in [7, 11) is 0. The van der Waals surface area contributed by atoms with Gasteiger partial charge in [-0.2, -0.15) is 0 Å². The first-order chi connectivity index (χ1) is 10.4. The maximum Gasteiger partial charge on any atom is 0.325 e.